The lowest BCUT2D eigenvalue weighted by Crippen LogP contribution is -2.07. The molecule has 0 aromatic heterocycles. The number of rotatable bonds is 1. The normalized spacial score (nSPS) is 14.8. The van der Waals surface area contributed by atoms with E-state index in [9.17, 15) is 0 Å². The second kappa shape index (κ2) is 7.96. The molecule has 2 nitrogen and oxygen atoms in total. The van der Waals surface area contributed by atoms with Crippen molar-refractivity contribution >= 4 is 21.6 Å². The van der Waals surface area contributed by atoms with Gasteiger partial charge in [0, 0.05) is 0 Å². The first-order valence-corrected chi connectivity index (χ1v) is 6.91. The zero-order valence-corrected chi connectivity index (χ0v) is 10.8. The van der Waals surface area contributed by atoms with E-state index in [1.807, 2.05) is 12.2 Å². The van der Waals surface area contributed by atoms with E-state index in [0.29, 0.717) is 0 Å². The van der Waals surface area contributed by atoms with Crippen LogP contribution in [0.3, 0.4) is 0 Å². The standard InChI is InChI=1S/C13H10O2S2/c1-2-5-12-8-9-13(17-16-12)7-4-3-6-11(15)10-14/h8-9,11,14-15H,10H2,1H3. The van der Waals surface area contributed by atoms with Crippen molar-refractivity contribution in [2.45, 2.75) is 13.0 Å². The van der Waals surface area contributed by atoms with Gasteiger partial charge in [0.2, 0.25) is 0 Å². The lowest BCUT2D eigenvalue weighted by Gasteiger charge is -2.03. The summed E-state index contributed by atoms with van der Waals surface area (Å²) < 4.78 is 0. The van der Waals surface area contributed by atoms with Crippen LogP contribution in [0, 0.1) is 35.5 Å². The van der Waals surface area contributed by atoms with E-state index >= 15 is 0 Å². The van der Waals surface area contributed by atoms with Gasteiger partial charge < -0.3 is 10.2 Å². The van der Waals surface area contributed by atoms with E-state index in [0.717, 1.165) is 9.81 Å². The van der Waals surface area contributed by atoms with Crippen LogP contribution in [0.1, 0.15) is 6.92 Å². The van der Waals surface area contributed by atoms with Crippen LogP contribution in [0.2, 0.25) is 0 Å². The van der Waals surface area contributed by atoms with Crippen molar-refractivity contribution in [3.63, 3.8) is 0 Å². The van der Waals surface area contributed by atoms with Crippen LogP contribution in [-0.4, -0.2) is 22.9 Å². The Balaban J connectivity index is 2.61. The maximum Gasteiger partial charge on any atom is 0.138 e. The molecule has 0 saturated heterocycles. The van der Waals surface area contributed by atoms with Gasteiger partial charge in [-0.15, -0.1) is 5.92 Å². The fourth-order valence-electron chi connectivity index (χ4n) is 0.803. The van der Waals surface area contributed by atoms with Gasteiger partial charge in [0.15, 0.2) is 0 Å². The molecular formula is C13H10O2S2. The quantitative estimate of drug-likeness (QED) is 0.555. The Hall–Kier alpha value is -1.22. The summed E-state index contributed by atoms with van der Waals surface area (Å²) in [5.74, 6) is 16.2. The van der Waals surface area contributed by atoms with Gasteiger partial charge in [0.05, 0.1) is 16.4 Å². The number of aliphatic hydroxyl groups excluding tert-OH is 2. The van der Waals surface area contributed by atoms with Crippen LogP contribution in [0.4, 0.5) is 0 Å². The molecule has 0 amide bonds. The summed E-state index contributed by atoms with van der Waals surface area (Å²) >= 11 is 0. The zero-order valence-electron chi connectivity index (χ0n) is 9.15. The summed E-state index contributed by atoms with van der Waals surface area (Å²) in [7, 11) is 3.09. The van der Waals surface area contributed by atoms with Crippen molar-refractivity contribution in [1.82, 2.24) is 0 Å². The monoisotopic (exact) mass is 262 g/mol. The molecule has 0 spiro atoms. The predicted octanol–water partition coefficient (Wildman–Crippen LogP) is 1.53. The Labute approximate surface area is 109 Å². The topological polar surface area (TPSA) is 40.5 Å². The third kappa shape index (κ3) is 5.59. The van der Waals surface area contributed by atoms with Crippen LogP contribution in [0.5, 0.6) is 0 Å². The molecule has 86 valence electrons. The summed E-state index contributed by atoms with van der Waals surface area (Å²) in [6.45, 7) is 1.43. The van der Waals surface area contributed by atoms with Crippen molar-refractivity contribution in [2.75, 3.05) is 6.61 Å². The number of aliphatic hydroxyl groups is 2. The molecule has 0 radical (unpaired) electrons. The molecule has 0 aromatic carbocycles. The Morgan fingerprint density at radius 3 is 2.35 bits per heavy atom. The predicted molar refractivity (Wildman–Crippen MR) is 73.4 cm³/mol. The SMILES string of the molecule is CC#CC1=CC=C(C#CC#CC(O)CO)SS1. The molecule has 17 heavy (non-hydrogen) atoms. The summed E-state index contributed by atoms with van der Waals surface area (Å²) in [5.41, 5.74) is 0. The van der Waals surface area contributed by atoms with Crippen LogP contribution in [0.25, 0.3) is 0 Å². The second-order valence-electron chi connectivity index (χ2n) is 2.82. The molecular weight excluding hydrogens is 252 g/mol. The highest BCUT2D eigenvalue weighted by molar-refractivity contribution is 8.79. The highest BCUT2D eigenvalue weighted by atomic mass is 33.1. The molecule has 0 saturated carbocycles. The van der Waals surface area contributed by atoms with E-state index in [2.05, 4.69) is 35.5 Å². The van der Waals surface area contributed by atoms with Gasteiger partial charge in [-0.3, -0.25) is 0 Å². The Kier molecular flexibility index (Phi) is 6.48. The minimum Gasteiger partial charge on any atom is -0.393 e. The summed E-state index contributed by atoms with van der Waals surface area (Å²) in [6.07, 6.45) is 2.79. The minimum atomic E-state index is -1.02. The van der Waals surface area contributed by atoms with E-state index < -0.39 is 6.10 Å². The number of allylic oxidation sites excluding steroid dienone is 4. The molecule has 1 unspecified atom stereocenters. The first-order chi connectivity index (χ1) is 8.26. The van der Waals surface area contributed by atoms with Gasteiger partial charge in [0.1, 0.15) is 6.10 Å². The average Bonchev–Trinajstić information content (AvgIpc) is 2.36. The molecule has 0 bridgehead atoms. The van der Waals surface area contributed by atoms with Crippen molar-refractivity contribution in [3.8, 4) is 35.5 Å². The van der Waals surface area contributed by atoms with E-state index in [1.54, 1.807) is 17.7 Å². The van der Waals surface area contributed by atoms with Gasteiger partial charge in [-0.05, 0) is 58.4 Å². The smallest absolute Gasteiger partial charge is 0.138 e. The van der Waals surface area contributed by atoms with Gasteiger partial charge in [-0.2, -0.15) is 0 Å². The summed E-state index contributed by atoms with van der Waals surface area (Å²) in [5, 5.41) is 17.5. The second-order valence-corrected chi connectivity index (χ2v) is 5.03. The van der Waals surface area contributed by atoms with Gasteiger partial charge in [-0.25, -0.2) is 0 Å². The molecule has 0 aliphatic carbocycles. The Morgan fingerprint density at radius 1 is 1.18 bits per heavy atom. The van der Waals surface area contributed by atoms with Gasteiger partial charge in [-0.1, -0.05) is 11.8 Å². The van der Waals surface area contributed by atoms with Crippen LogP contribution >= 0.6 is 21.6 Å². The molecule has 1 aliphatic heterocycles. The summed E-state index contributed by atoms with van der Waals surface area (Å²) in [6, 6.07) is 0. The lowest BCUT2D eigenvalue weighted by atomic mass is 10.3. The fraction of sp³-hybridized carbons (Fsp3) is 0.231. The third-order valence-corrected chi connectivity index (χ3v) is 3.76. The Bertz CT molecular complexity index is 513. The summed E-state index contributed by atoms with van der Waals surface area (Å²) in [4.78, 5) is 1.90. The largest absolute Gasteiger partial charge is 0.393 e. The molecule has 0 aromatic rings. The van der Waals surface area contributed by atoms with Crippen LogP contribution in [0.15, 0.2) is 22.0 Å². The maximum absolute atomic E-state index is 8.95. The average molecular weight is 262 g/mol. The molecule has 1 aliphatic rings. The lowest BCUT2D eigenvalue weighted by molar-refractivity contribution is 0.138. The fourth-order valence-corrected chi connectivity index (χ4v) is 2.59. The van der Waals surface area contributed by atoms with Gasteiger partial charge >= 0.3 is 0 Å². The van der Waals surface area contributed by atoms with E-state index in [-0.39, 0.29) is 6.61 Å². The van der Waals surface area contributed by atoms with Crippen molar-refractivity contribution in [3.05, 3.63) is 22.0 Å². The third-order valence-electron chi connectivity index (χ3n) is 1.52. The molecule has 4 heteroatoms. The maximum atomic E-state index is 8.95. The molecule has 1 rings (SSSR count). The van der Waals surface area contributed by atoms with Gasteiger partial charge in [0.25, 0.3) is 0 Å². The minimum absolute atomic E-state index is 0.371. The van der Waals surface area contributed by atoms with Crippen molar-refractivity contribution < 1.29 is 10.2 Å². The van der Waals surface area contributed by atoms with Crippen LogP contribution in [-0.2, 0) is 0 Å². The number of hydrogen-bond donors (Lipinski definition) is 2. The van der Waals surface area contributed by atoms with Crippen molar-refractivity contribution in [1.29, 1.82) is 0 Å². The Morgan fingerprint density at radius 2 is 1.82 bits per heavy atom. The van der Waals surface area contributed by atoms with Crippen molar-refractivity contribution in [2.24, 2.45) is 0 Å². The first kappa shape index (κ1) is 13.8. The first-order valence-electron chi connectivity index (χ1n) is 4.76. The molecule has 1 heterocycles. The highest BCUT2D eigenvalue weighted by Gasteiger charge is 2.03. The van der Waals surface area contributed by atoms with E-state index in [1.165, 1.54) is 10.8 Å². The van der Waals surface area contributed by atoms with Crippen LogP contribution < -0.4 is 0 Å². The molecule has 0 fully saturated rings. The highest BCUT2D eigenvalue weighted by Crippen LogP contribution is 2.39. The van der Waals surface area contributed by atoms with E-state index in [4.69, 9.17) is 10.2 Å². The molecule has 2 N–H and O–H groups in total. The number of hydrogen-bond acceptors (Lipinski definition) is 4. The molecule has 1 atom stereocenters. The zero-order chi connectivity index (χ0) is 12.5.